The van der Waals surface area contributed by atoms with Crippen LogP contribution in [0.3, 0.4) is 0 Å². The van der Waals surface area contributed by atoms with Gasteiger partial charge in [-0.2, -0.15) is 0 Å². The number of carbonyl (C=O) groups is 1. The van der Waals surface area contributed by atoms with Gasteiger partial charge in [0, 0.05) is 45.0 Å². The summed E-state index contributed by atoms with van der Waals surface area (Å²) in [5.41, 5.74) is 2.40. The van der Waals surface area contributed by atoms with E-state index < -0.39 is 6.09 Å². The van der Waals surface area contributed by atoms with Gasteiger partial charge < -0.3 is 19.7 Å². The van der Waals surface area contributed by atoms with E-state index in [2.05, 4.69) is 32.2 Å². The smallest absolute Gasteiger partial charge is 0.413 e. The Balaban J connectivity index is 1.07. The zero-order valence-corrected chi connectivity index (χ0v) is 21.1. The summed E-state index contributed by atoms with van der Waals surface area (Å²) in [6.45, 7) is 5.72. The van der Waals surface area contributed by atoms with Crippen molar-refractivity contribution in [1.29, 1.82) is 0 Å². The number of hydrogen-bond acceptors (Lipinski definition) is 6. The molecule has 1 amide bonds. The second-order valence-electron chi connectivity index (χ2n) is 9.74. The van der Waals surface area contributed by atoms with Crippen molar-refractivity contribution in [3.8, 4) is 11.6 Å². The number of nitrogens with one attached hydrogen (secondary N) is 1. The summed E-state index contributed by atoms with van der Waals surface area (Å²) in [5.74, 6) is 2.07. The number of nitrogens with zero attached hydrogens (tertiary/aromatic N) is 3. The first-order valence-corrected chi connectivity index (χ1v) is 13.2. The van der Waals surface area contributed by atoms with Gasteiger partial charge in [-0.05, 0) is 49.4 Å². The molecule has 2 heterocycles. The number of aromatic nitrogens is 1. The lowest BCUT2D eigenvalue weighted by molar-refractivity contribution is 0.197. The lowest BCUT2D eigenvalue weighted by atomic mass is 9.85. The van der Waals surface area contributed by atoms with Gasteiger partial charge in [-0.25, -0.2) is 9.78 Å². The van der Waals surface area contributed by atoms with Gasteiger partial charge in [-0.3, -0.25) is 4.90 Å². The molecule has 0 atom stereocenters. The van der Waals surface area contributed by atoms with E-state index in [-0.39, 0.29) is 0 Å². The number of rotatable bonds is 10. The predicted octanol–water partition coefficient (Wildman–Crippen LogP) is 4.90. The van der Waals surface area contributed by atoms with E-state index in [0.717, 1.165) is 63.7 Å². The van der Waals surface area contributed by atoms with Crippen LogP contribution in [0.5, 0.6) is 11.6 Å². The molecule has 2 fully saturated rings. The Morgan fingerprint density at radius 1 is 1.03 bits per heavy atom. The van der Waals surface area contributed by atoms with Crippen LogP contribution in [0.1, 0.15) is 50.5 Å². The highest BCUT2D eigenvalue weighted by molar-refractivity contribution is 5.69. The molecule has 0 unspecified atom stereocenters. The average molecular weight is 481 g/mol. The Labute approximate surface area is 209 Å². The van der Waals surface area contributed by atoms with Crippen molar-refractivity contribution < 1.29 is 14.3 Å². The van der Waals surface area contributed by atoms with E-state index in [1.165, 1.54) is 43.4 Å². The number of carbonyl (C=O) groups excluding carboxylic acids is 1. The summed E-state index contributed by atoms with van der Waals surface area (Å²) >= 11 is 0. The Bertz CT molecular complexity index is 907. The monoisotopic (exact) mass is 480 g/mol. The fourth-order valence-electron chi connectivity index (χ4n) is 5.20. The number of para-hydroxylation sites is 2. The molecule has 0 spiro atoms. The molecule has 1 aliphatic heterocycles. The molecule has 35 heavy (non-hydrogen) atoms. The second-order valence-corrected chi connectivity index (χ2v) is 9.74. The number of amides is 1. The van der Waals surface area contributed by atoms with Crippen LogP contribution in [-0.2, 0) is 6.42 Å². The van der Waals surface area contributed by atoms with Crippen molar-refractivity contribution in [2.75, 3.05) is 51.3 Å². The van der Waals surface area contributed by atoms with Crippen LogP contribution >= 0.6 is 0 Å². The Morgan fingerprint density at radius 2 is 1.83 bits per heavy atom. The van der Waals surface area contributed by atoms with Crippen molar-refractivity contribution in [2.24, 2.45) is 5.92 Å². The Morgan fingerprint density at radius 3 is 2.57 bits per heavy atom. The number of methoxy groups -OCH3 is 1. The molecule has 7 heteroatoms. The van der Waals surface area contributed by atoms with E-state index in [9.17, 15) is 4.79 Å². The first-order valence-electron chi connectivity index (χ1n) is 13.2. The molecule has 4 rings (SSSR count). The van der Waals surface area contributed by atoms with Gasteiger partial charge in [0.2, 0.25) is 5.88 Å². The van der Waals surface area contributed by atoms with E-state index in [1.54, 1.807) is 7.11 Å². The van der Waals surface area contributed by atoms with Crippen molar-refractivity contribution in [3.05, 3.63) is 48.2 Å². The lowest BCUT2D eigenvalue weighted by Crippen LogP contribution is -2.46. The van der Waals surface area contributed by atoms with Gasteiger partial charge in [0.25, 0.3) is 0 Å². The topological polar surface area (TPSA) is 66.9 Å². The highest BCUT2D eigenvalue weighted by Crippen LogP contribution is 2.28. The van der Waals surface area contributed by atoms with Gasteiger partial charge >= 0.3 is 6.09 Å². The van der Waals surface area contributed by atoms with Crippen LogP contribution in [-0.4, -0.2) is 62.4 Å². The zero-order valence-electron chi connectivity index (χ0n) is 21.1. The van der Waals surface area contributed by atoms with Crippen molar-refractivity contribution >= 4 is 11.8 Å². The summed E-state index contributed by atoms with van der Waals surface area (Å²) in [7, 11) is 1.73. The molecule has 2 aliphatic rings. The number of unbranched alkanes of at least 4 members (excludes halogenated alkanes) is 1. The molecular formula is C28H40N4O3. The van der Waals surface area contributed by atoms with Crippen molar-refractivity contribution in [3.63, 3.8) is 0 Å². The summed E-state index contributed by atoms with van der Waals surface area (Å²) in [5, 5.41) is 2.85. The molecule has 1 saturated heterocycles. The molecule has 7 nitrogen and oxygen atoms in total. The fraction of sp³-hybridized carbons (Fsp3) is 0.571. The number of ether oxygens (including phenoxy) is 2. The van der Waals surface area contributed by atoms with Crippen LogP contribution < -0.4 is 19.7 Å². The minimum absolute atomic E-state index is 0.364. The molecule has 1 aromatic carbocycles. The number of piperazine rings is 1. The summed E-state index contributed by atoms with van der Waals surface area (Å²) in [6.07, 6.45) is 11.2. The van der Waals surface area contributed by atoms with E-state index in [4.69, 9.17) is 9.47 Å². The quantitative estimate of drug-likeness (QED) is 0.488. The largest absolute Gasteiger partial charge is 0.495 e. The van der Waals surface area contributed by atoms with Gasteiger partial charge in [-0.1, -0.05) is 50.3 Å². The van der Waals surface area contributed by atoms with Gasteiger partial charge in [0.05, 0.1) is 12.8 Å². The highest BCUT2D eigenvalue weighted by Gasteiger charge is 2.19. The van der Waals surface area contributed by atoms with Crippen LogP contribution in [0.4, 0.5) is 10.5 Å². The van der Waals surface area contributed by atoms with E-state index in [0.29, 0.717) is 12.4 Å². The maximum Gasteiger partial charge on any atom is 0.413 e. The van der Waals surface area contributed by atoms with E-state index in [1.807, 2.05) is 30.5 Å². The molecule has 0 radical (unpaired) electrons. The molecule has 190 valence electrons. The molecular weight excluding hydrogens is 440 g/mol. The van der Waals surface area contributed by atoms with Crippen LogP contribution in [0.2, 0.25) is 0 Å². The average Bonchev–Trinajstić information content (AvgIpc) is 2.90. The first-order chi connectivity index (χ1) is 17.2. The van der Waals surface area contributed by atoms with Crippen LogP contribution in [0, 0.1) is 5.92 Å². The lowest BCUT2D eigenvalue weighted by Gasteiger charge is -2.36. The summed E-state index contributed by atoms with van der Waals surface area (Å²) in [4.78, 5) is 21.3. The van der Waals surface area contributed by atoms with E-state index >= 15 is 0 Å². The molecule has 1 aromatic heterocycles. The normalized spacial score (nSPS) is 17.2. The minimum atomic E-state index is -0.428. The number of pyridine rings is 1. The molecule has 1 N–H and O–H groups in total. The first kappa shape index (κ1) is 25.3. The van der Waals surface area contributed by atoms with Crippen LogP contribution in [0.15, 0.2) is 42.6 Å². The maximum atomic E-state index is 12.1. The number of hydrogen-bond donors (Lipinski definition) is 1. The Hall–Kier alpha value is -2.80. The number of benzene rings is 1. The third-order valence-corrected chi connectivity index (χ3v) is 7.21. The Kier molecular flexibility index (Phi) is 9.64. The predicted molar refractivity (Wildman–Crippen MR) is 139 cm³/mol. The third-order valence-electron chi connectivity index (χ3n) is 7.21. The molecule has 1 aliphatic carbocycles. The standard InChI is InChI=1S/C28H40N4O3/c1-34-26-12-6-5-11-25(26)32-19-17-31(18-20-32)16-8-7-15-29-28(33)35-27-14-13-24(22-30-27)21-23-9-3-2-4-10-23/h5-6,11-14,22-23H,2-4,7-10,15-21H2,1H3,(H,29,33). The van der Waals surface area contributed by atoms with Gasteiger partial charge in [0.15, 0.2) is 0 Å². The minimum Gasteiger partial charge on any atom is -0.495 e. The zero-order chi connectivity index (χ0) is 24.3. The SMILES string of the molecule is COc1ccccc1N1CCN(CCCCNC(=O)Oc2ccc(CC3CCCCC3)cn2)CC1. The molecule has 0 bridgehead atoms. The van der Waals surface area contributed by atoms with Crippen LogP contribution in [0.25, 0.3) is 0 Å². The number of anilines is 1. The maximum absolute atomic E-state index is 12.1. The summed E-state index contributed by atoms with van der Waals surface area (Å²) in [6, 6.07) is 12.1. The second kappa shape index (κ2) is 13.3. The fourth-order valence-corrected chi connectivity index (χ4v) is 5.20. The highest BCUT2D eigenvalue weighted by atomic mass is 16.6. The molecule has 2 aromatic rings. The van der Waals surface area contributed by atoms with Crippen molar-refractivity contribution in [2.45, 2.75) is 51.4 Å². The van der Waals surface area contributed by atoms with Crippen molar-refractivity contribution in [1.82, 2.24) is 15.2 Å². The third kappa shape index (κ3) is 7.85. The molecule has 1 saturated carbocycles. The van der Waals surface area contributed by atoms with Gasteiger partial charge in [0.1, 0.15) is 5.75 Å². The van der Waals surface area contributed by atoms with Gasteiger partial charge in [-0.15, -0.1) is 0 Å². The summed E-state index contributed by atoms with van der Waals surface area (Å²) < 4.78 is 10.8.